The van der Waals surface area contributed by atoms with Gasteiger partial charge in [-0.05, 0) is 19.1 Å². The van der Waals surface area contributed by atoms with E-state index in [1.165, 1.54) is 0 Å². The predicted molar refractivity (Wildman–Crippen MR) is 73.8 cm³/mol. The highest BCUT2D eigenvalue weighted by Crippen LogP contribution is 2.12. The Labute approximate surface area is 113 Å². The average molecular weight is 286 g/mol. The number of aliphatic carboxylic acids is 1. The largest absolute Gasteiger partial charge is 0.480 e. The lowest BCUT2D eigenvalue weighted by molar-refractivity contribution is -0.135. The highest BCUT2D eigenvalue weighted by atomic mass is 32.2. The molecule has 0 fully saturated rings. The monoisotopic (exact) mass is 286 g/mol. The molecule has 106 valence electrons. The standard InChI is InChI=1S/C12H18N2O4S/c1-2-19(17,18)13-8-9-14(10-12(15)16)11-6-4-3-5-7-11/h3-7,13H,2,8-10H2,1H3,(H,15,16). The summed E-state index contributed by atoms with van der Waals surface area (Å²) >= 11 is 0. The van der Waals surface area contributed by atoms with Crippen molar-refractivity contribution in [3.8, 4) is 0 Å². The number of benzene rings is 1. The van der Waals surface area contributed by atoms with Gasteiger partial charge in [-0.25, -0.2) is 13.1 Å². The number of sulfonamides is 1. The number of hydrogen-bond acceptors (Lipinski definition) is 4. The lowest BCUT2D eigenvalue weighted by Crippen LogP contribution is -2.38. The SMILES string of the molecule is CCS(=O)(=O)NCCN(CC(=O)O)c1ccccc1. The van der Waals surface area contributed by atoms with Crippen molar-refractivity contribution in [1.82, 2.24) is 4.72 Å². The summed E-state index contributed by atoms with van der Waals surface area (Å²) in [5.41, 5.74) is 0.751. The van der Waals surface area contributed by atoms with Crippen LogP contribution in [0.15, 0.2) is 30.3 Å². The number of carboxylic acids is 1. The summed E-state index contributed by atoms with van der Waals surface area (Å²) in [4.78, 5) is 12.4. The maximum absolute atomic E-state index is 11.3. The molecule has 1 aromatic rings. The zero-order valence-corrected chi connectivity index (χ0v) is 11.6. The summed E-state index contributed by atoms with van der Waals surface area (Å²) in [7, 11) is -3.25. The van der Waals surface area contributed by atoms with Gasteiger partial charge in [0.1, 0.15) is 6.54 Å². The molecule has 0 aliphatic rings. The van der Waals surface area contributed by atoms with Crippen LogP contribution < -0.4 is 9.62 Å². The van der Waals surface area contributed by atoms with Gasteiger partial charge in [0, 0.05) is 18.8 Å². The molecule has 0 atom stereocenters. The third-order valence-electron chi connectivity index (χ3n) is 2.53. The number of hydrogen-bond donors (Lipinski definition) is 2. The molecular weight excluding hydrogens is 268 g/mol. The first kappa shape index (κ1) is 15.5. The summed E-state index contributed by atoms with van der Waals surface area (Å²) in [6.07, 6.45) is 0. The molecule has 0 heterocycles. The Balaban J connectivity index is 2.64. The normalized spacial score (nSPS) is 11.2. The molecule has 0 saturated heterocycles. The molecule has 0 aliphatic carbocycles. The molecule has 19 heavy (non-hydrogen) atoms. The van der Waals surface area contributed by atoms with Gasteiger partial charge in [0.25, 0.3) is 0 Å². The number of carbonyl (C=O) groups is 1. The minimum absolute atomic E-state index is 0.0112. The van der Waals surface area contributed by atoms with Gasteiger partial charge in [0.15, 0.2) is 0 Å². The number of rotatable bonds is 8. The third kappa shape index (κ3) is 5.71. The fourth-order valence-corrected chi connectivity index (χ4v) is 2.15. The van der Waals surface area contributed by atoms with Crippen LogP contribution in [0.5, 0.6) is 0 Å². The van der Waals surface area contributed by atoms with E-state index < -0.39 is 16.0 Å². The minimum atomic E-state index is -3.25. The average Bonchev–Trinajstić information content (AvgIpc) is 2.38. The van der Waals surface area contributed by atoms with Crippen LogP contribution in [0, 0.1) is 0 Å². The second kappa shape index (κ2) is 7.10. The number of nitrogens with zero attached hydrogens (tertiary/aromatic N) is 1. The van der Waals surface area contributed by atoms with Crippen molar-refractivity contribution < 1.29 is 18.3 Å². The molecule has 6 nitrogen and oxygen atoms in total. The molecule has 2 N–H and O–H groups in total. The van der Waals surface area contributed by atoms with Crippen LogP contribution in [0.4, 0.5) is 5.69 Å². The zero-order valence-electron chi connectivity index (χ0n) is 10.7. The van der Waals surface area contributed by atoms with E-state index in [0.717, 1.165) is 5.69 Å². The van der Waals surface area contributed by atoms with Crippen LogP contribution in [0.25, 0.3) is 0 Å². The van der Waals surface area contributed by atoms with Crippen LogP contribution in [0.1, 0.15) is 6.92 Å². The molecule has 1 aromatic carbocycles. The van der Waals surface area contributed by atoms with E-state index >= 15 is 0 Å². The highest BCUT2D eigenvalue weighted by molar-refractivity contribution is 7.89. The summed E-state index contributed by atoms with van der Waals surface area (Å²) in [6, 6.07) is 9.03. The highest BCUT2D eigenvalue weighted by Gasteiger charge is 2.12. The van der Waals surface area contributed by atoms with Crippen molar-refractivity contribution in [1.29, 1.82) is 0 Å². The lowest BCUT2D eigenvalue weighted by atomic mass is 10.3. The lowest BCUT2D eigenvalue weighted by Gasteiger charge is -2.22. The fourth-order valence-electron chi connectivity index (χ4n) is 1.54. The third-order valence-corrected chi connectivity index (χ3v) is 3.94. The number of anilines is 1. The van der Waals surface area contributed by atoms with E-state index in [9.17, 15) is 13.2 Å². The maximum atomic E-state index is 11.3. The van der Waals surface area contributed by atoms with Crippen molar-refractivity contribution in [3.63, 3.8) is 0 Å². The molecular formula is C12H18N2O4S. The van der Waals surface area contributed by atoms with Gasteiger partial charge in [-0.3, -0.25) is 4.79 Å². The number of nitrogens with one attached hydrogen (secondary N) is 1. The van der Waals surface area contributed by atoms with Crippen molar-refractivity contribution >= 4 is 21.7 Å². The molecule has 0 saturated carbocycles. The molecule has 0 spiro atoms. The van der Waals surface area contributed by atoms with E-state index in [-0.39, 0.29) is 18.8 Å². The molecule has 1 rings (SSSR count). The maximum Gasteiger partial charge on any atom is 0.323 e. The Morgan fingerprint density at radius 2 is 1.95 bits per heavy atom. The zero-order chi connectivity index (χ0) is 14.3. The van der Waals surface area contributed by atoms with E-state index in [1.807, 2.05) is 6.07 Å². The molecule has 0 aromatic heterocycles. The van der Waals surface area contributed by atoms with Gasteiger partial charge in [-0.2, -0.15) is 0 Å². The number of para-hydroxylation sites is 1. The van der Waals surface area contributed by atoms with Crippen LogP contribution in [0.2, 0.25) is 0 Å². The van der Waals surface area contributed by atoms with Gasteiger partial charge in [0.05, 0.1) is 5.75 Å². The summed E-state index contributed by atoms with van der Waals surface area (Å²) in [5.74, 6) is -0.945. The van der Waals surface area contributed by atoms with E-state index in [0.29, 0.717) is 6.54 Å². The number of carboxylic acid groups (broad SMARTS) is 1. The predicted octanol–water partition coefficient (Wildman–Crippen LogP) is 0.517. The molecule has 0 bridgehead atoms. The minimum Gasteiger partial charge on any atom is -0.480 e. The smallest absolute Gasteiger partial charge is 0.323 e. The molecule has 0 unspecified atom stereocenters. The first-order valence-electron chi connectivity index (χ1n) is 5.93. The van der Waals surface area contributed by atoms with Crippen molar-refractivity contribution in [3.05, 3.63) is 30.3 Å². The second-order valence-electron chi connectivity index (χ2n) is 3.95. The molecule has 0 radical (unpaired) electrons. The first-order chi connectivity index (χ1) is 8.94. The van der Waals surface area contributed by atoms with Gasteiger partial charge in [-0.1, -0.05) is 18.2 Å². The van der Waals surface area contributed by atoms with E-state index in [1.54, 1.807) is 36.1 Å². The Kier molecular flexibility index (Phi) is 5.78. The first-order valence-corrected chi connectivity index (χ1v) is 7.59. The molecule has 0 aliphatic heterocycles. The Morgan fingerprint density at radius 3 is 2.47 bits per heavy atom. The summed E-state index contributed by atoms with van der Waals surface area (Å²) < 4.78 is 25.0. The summed E-state index contributed by atoms with van der Waals surface area (Å²) in [5, 5.41) is 8.87. The van der Waals surface area contributed by atoms with Crippen molar-refractivity contribution in [2.75, 3.05) is 30.3 Å². The molecule has 7 heteroatoms. The Morgan fingerprint density at radius 1 is 1.32 bits per heavy atom. The van der Waals surface area contributed by atoms with Crippen LogP contribution >= 0.6 is 0 Å². The Bertz CT molecular complexity index is 502. The van der Waals surface area contributed by atoms with Gasteiger partial charge in [0.2, 0.25) is 10.0 Å². The fraction of sp³-hybridized carbons (Fsp3) is 0.417. The van der Waals surface area contributed by atoms with Crippen molar-refractivity contribution in [2.24, 2.45) is 0 Å². The van der Waals surface area contributed by atoms with Crippen molar-refractivity contribution in [2.45, 2.75) is 6.92 Å². The van der Waals surface area contributed by atoms with E-state index in [4.69, 9.17) is 5.11 Å². The molecule has 0 amide bonds. The Hall–Kier alpha value is -1.60. The van der Waals surface area contributed by atoms with E-state index in [2.05, 4.69) is 4.72 Å². The van der Waals surface area contributed by atoms with Crippen LogP contribution in [-0.4, -0.2) is 44.9 Å². The van der Waals surface area contributed by atoms with Gasteiger partial charge < -0.3 is 10.0 Å². The quantitative estimate of drug-likeness (QED) is 0.727. The van der Waals surface area contributed by atoms with Gasteiger partial charge >= 0.3 is 5.97 Å². The van der Waals surface area contributed by atoms with Crippen LogP contribution in [0.3, 0.4) is 0 Å². The summed E-state index contributed by atoms with van der Waals surface area (Å²) in [6.45, 7) is 1.86. The van der Waals surface area contributed by atoms with Gasteiger partial charge in [-0.15, -0.1) is 0 Å². The van der Waals surface area contributed by atoms with Crippen LogP contribution in [-0.2, 0) is 14.8 Å². The second-order valence-corrected chi connectivity index (χ2v) is 6.04. The topological polar surface area (TPSA) is 86.7 Å².